The van der Waals surface area contributed by atoms with Crippen LogP contribution in [0.3, 0.4) is 0 Å². The van der Waals surface area contributed by atoms with Crippen molar-refractivity contribution in [2.45, 2.75) is 19.8 Å². The van der Waals surface area contributed by atoms with Crippen LogP contribution in [0.4, 0.5) is 5.69 Å². The van der Waals surface area contributed by atoms with Gasteiger partial charge in [-0.25, -0.2) is 0 Å². The molecule has 0 aliphatic carbocycles. The van der Waals surface area contributed by atoms with Crippen LogP contribution in [0.1, 0.15) is 33.5 Å². The maximum atomic E-state index is 12.8. The highest BCUT2D eigenvalue weighted by Gasteiger charge is 2.23. The normalized spacial score (nSPS) is 13.9. The molecule has 1 aliphatic rings. The molecule has 0 N–H and O–H groups in total. The summed E-state index contributed by atoms with van der Waals surface area (Å²) in [7, 11) is 1.50. The number of benzene rings is 2. The van der Waals surface area contributed by atoms with Gasteiger partial charge in [-0.3, -0.25) is 4.79 Å². The lowest BCUT2D eigenvalue weighted by Crippen LogP contribution is -2.35. The quantitative estimate of drug-likeness (QED) is 0.642. The number of oxime groups is 1. The van der Waals surface area contributed by atoms with Crippen LogP contribution >= 0.6 is 0 Å². The molecule has 0 unspecified atom stereocenters. The second-order valence-electron chi connectivity index (χ2n) is 5.73. The predicted octanol–water partition coefficient (Wildman–Crippen LogP) is 3.57. The van der Waals surface area contributed by atoms with Gasteiger partial charge < -0.3 is 9.74 Å². The molecule has 0 spiro atoms. The fourth-order valence-corrected chi connectivity index (χ4v) is 2.92. The molecule has 2 aromatic rings. The number of hydrogen-bond acceptors (Lipinski definition) is 3. The van der Waals surface area contributed by atoms with Crippen molar-refractivity contribution in [1.82, 2.24) is 0 Å². The summed E-state index contributed by atoms with van der Waals surface area (Å²) in [5, 5.41) is 3.72. The Morgan fingerprint density at radius 3 is 2.74 bits per heavy atom. The van der Waals surface area contributed by atoms with Crippen molar-refractivity contribution in [3.05, 3.63) is 64.7 Å². The van der Waals surface area contributed by atoms with E-state index in [1.165, 1.54) is 18.2 Å². The predicted molar refractivity (Wildman–Crippen MR) is 92.2 cm³/mol. The molecule has 23 heavy (non-hydrogen) atoms. The zero-order valence-electron chi connectivity index (χ0n) is 13.5. The average molecular weight is 308 g/mol. The van der Waals surface area contributed by atoms with Crippen molar-refractivity contribution < 1.29 is 9.63 Å². The van der Waals surface area contributed by atoms with Gasteiger partial charge in [0.2, 0.25) is 0 Å². The maximum absolute atomic E-state index is 12.8. The number of hydrogen-bond donors (Lipinski definition) is 0. The molecule has 0 fully saturated rings. The first-order chi connectivity index (χ1) is 11.2. The number of nitrogens with zero attached hydrogens (tertiary/aromatic N) is 2. The summed E-state index contributed by atoms with van der Waals surface area (Å²) in [6.07, 6.45) is 3.65. The minimum atomic E-state index is 0.0463. The Balaban J connectivity index is 1.85. The largest absolute Gasteiger partial charge is 0.399 e. The van der Waals surface area contributed by atoms with Crippen molar-refractivity contribution >= 4 is 17.8 Å². The molecule has 3 rings (SSSR count). The second-order valence-corrected chi connectivity index (χ2v) is 5.73. The lowest BCUT2D eigenvalue weighted by Gasteiger charge is -2.30. The summed E-state index contributed by atoms with van der Waals surface area (Å²) in [4.78, 5) is 19.4. The van der Waals surface area contributed by atoms with E-state index < -0.39 is 0 Å². The van der Waals surface area contributed by atoms with E-state index in [0.717, 1.165) is 30.6 Å². The second kappa shape index (κ2) is 6.65. The van der Waals surface area contributed by atoms with Gasteiger partial charge in [0.1, 0.15) is 7.11 Å². The highest BCUT2D eigenvalue weighted by molar-refractivity contribution is 6.07. The van der Waals surface area contributed by atoms with E-state index in [1.54, 1.807) is 6.21 Å². The molecule has 4 heteroatoms. The van der Waals surface area contributed by atoms with Gasteiger partial charge in [0.05, 0.1) is 6.21 Å². The van der Waals surface area contributed by atoms with Crippen LogP contribution in [0.5, 0.6) is 0 Å². The third-order valence-electron chi connectivity index (χ3n) is 4.06. The minimum Gasteiger partial charge on any atom is -0.399 e. The molecule has 2 aromatic carbocycles. The van der Waals surface area contributed by atoms with Crippen molar-refractivity contribution in [1.29, 1.82) is 0 Å². The molecule has 1 amide bonds. The summed E-state index contributed by atoms with van der Waals surface area (Å²) in [5.41, 5.74) is 5.12. The van der Waals surface area contributed by atoms with Crippen LogP contribution in [0, 0.1) is 6.92 Å². The molecular weight excluding hydrogens is 288 g/mol. The lowest BCUT2D eigenvalue weighted by molar-refractivity contribution is 0.0985. The topological polar surface area (TPSA) is 41.9 Å². The van der Waals surface area contributed by atoms with Gasteiger partial charge in [-0.1, -0.05) is 35.0 Å². The number of fused-ring (bicyclic) bond motifs is 1. The van der Waals surface area contributed by atoms with Crippen molar-refractivity contribution in [3.8, 4) is 0 Å². The van der Waals surface area contributed by atoms with E-state index in [0.29, 0.717) is 5.56 Å². The molecule has 118 valence electrons. The standard InChI is InChI=1S/C19H20N2O2/c1-14-5-10-18-17(12-14)4-3-11-21(18)19(22)16-8-6-15(7-9-16)13-20-23-2/h5-10,12-13H,3-4,11H2,1-2H3/b20-13+. The first kappa shape index (κ1) is 15.3. The maximum Gasteiger partial charge on any atom is 0.258 e. The molecule has 4 nitrogen and oxygen atoms in total. The monoisotopic (exact) mass is 308 g/mol. The van der Waals surface area contributed by atoms with Crippen LogP contribution in [0.15, 0.2) is 47.6 Å². The Morgan fingerprint density at radius 1 is 1.22 bits per heavy atom. The van der Waals surface area contributed by atoms with Gasteiger partial charge >= 0.3 is 0 Å². The van der Waals surface area contributed by atoms with Crippen LogP contribution < -0.4 is 4.90 Å². The Hall–Kier alpha value is -2.62. The average Bonchev–Trinajstić information content (AvgIpc) is 2.59. The van der Waals surface area contributed by atoms with Crippen LogP contribution in [-0.2, 0) is 11.3 Å². The number of rotatable bonds is 3. The van der Waals surface area contributed by atoms with Gasteiger partial charge in [-0.2, -0.15) is 0 Å². The number of carbonyl (C=O) groups is 1. The number of anilines is 1. The summed E-state index contributed by atoms with van der Waals surface area (Å²) in [6.45, 7) is 2.85. The van der Waals surface area contributed by atoms with Gasteiger partial charge in [0.15, 0.2) is 0 Å². The molecule has 0 saturated heterocycles. The molecule has 0 aromatic heterocycles. The zero-order valence-corrected chi connectivity index (χ0v) is 13.5. The van der Waals surface area contributed by atoms with Crippen LogP contribution in [0.2, 0.25) is 0 Å². The lowest BCUT2D eigenvalue weighted by atomic mass is 9.98. The van der Waals surface area contributed by atoms with E-state index >= 15 is 0 Å². The van der Waals surface area contributed by atoms with Crippen molar-refractivity contribution in [2.24, 2.45) is 5.16 Å². The van der Waals surface area contributed by atoms with Crippen LogP contribution in [0.25, 0.3) is 0 Å². The van der Waals surface area contributed by atoms with Gasteiger partial charge in [-0.05, 0) is 49.1 Å². The molecule has 0 radical (unpaired) electrons. The first-order valence-corrected chi connectivity index (χ1v) is 7.77. The van der Waals surface area contributed by atoms with Crippen molar-refractivity contribution in [2.75, 3.05) is 18.6 Å². The van der Waals surface area contributed by atoms with Crippen LogP contribution in [-0.4, -0.2) is 25.8 Å². The van der Waals surface area contributed by atoms with E-state index in [4.69, 9.17) is 0 Å². The van der Waals surface area contributed by atoms with Gasteiger partial charge in [0.25, 0.3) is 5.91 Å². The Bertz CT molecular complexity index is 736. The summed E-state index contributed by atoms with van der Waals surface area (Å²) >= 11 is 0. The minimum absolute atomic E-state index is 0.0463. The molecular formula is C19H20N2O2. The highest BCUT2D eigenvalue weighted by Crippen LogP contribution is 2.29. The van der Waals surface area contributed by atoms with E-state index in [2.05, 4.69) is 35.1 Å². The fraction of sp³-hybridized carbons (Fsp3) is 0.263. The smallest absolute Gasteiger partial charge is 0.258 e. The fourth-order valence-electron chi connectivity index (χ4n) is 2.92. The number of carbonyl (C=O) groups excluding carboxylic acids is 1. The molecule has 1 heterocycles. The number of amides is 1. The molecule has 0 atom stereocenters. The van der Waals surface area contributed by atoms with E-state index in [-0.39, 0.29) is 5.91 Å². The Morgan fingerprint density at radius 2 is 2.00 bits per heavy atom. The Kier molecular flexibility index (Phi) is 4.42. The SMILES string of the molecule is CO/N=C/c1ccc(C(=O)N2CCCc3cc(C)ccc32)cc1. The zero-order chi connectivity index (χ0) is 16.2. The third-order valence-corrected chi connectivity index (χ3v) is 4.06. The van der Waals surface area contributed by atoms with Gasteiger partial charge in [-0.15, -0.1) is 0 Å². The van der Waals surface area contributed by atoms with E-state index in [1.807, 2.05) is 29.2 Å². The van der Waals surface area contributed by atoms with Gasteiger partial charge in [0, 0.05) is 17.8 Å². The first-order valence-electron chi connectivity index (χ1n) is 7.77. The number of aryl methyl sites for hydroxylation is 2. The van der Waals surface area contributed by atoms with Crippen molar-refractivity contribution in [3.63, 3.8) is 0 Å². The highest BCUT2D eigenvalue weighted by atomic mass is 16.6. The molecule has 0 bridgehead atoms. The summed E-state index contributed by atoms with van der Waals surface area (Å²) in [5.74, 6) is 0.0463. The summed E-state index contributed by atoms with van der Waals surface area (Å²) in [6, 6.07) is 13.7. The van der Waals surface area contributed by atoms with E-state index in [9.17, 15) is 4.79 Å². The molecule has 1 aliphatic heterocycles. The summed E-state index contributed by atoms with van der Waals surface area (Å²) < 4.78 is 0. The third kappa shape index (κ3) is 3.26. The molecule has 0 saturated carbocycles. The Labute approximate surface area is 136 Å².